The fourth-order valence-corrected chi connectivity index (χ4v) is 4.64. The average molecular weight is 312 g/mol. The molecule has 3 N–H and O–H groups in total. The minimum absolute atomic E-state index is 0.0530. The Morgan fingerprint density at radius 3 is 2.43 bits per heavy atom. The highest BCUT2D eigenvalue weighted by molar-refractivity contribution is 7.89. The summed E-state index contributed by atoms with van der Waals surface area (Å²) in [6.07, 6.45) is 2.87. The monoisotopic (exact) mass is 312 g/mol. The second kappa shape index (κ2) is 6.34. The molecule has 5 nitrogen and oxygen atoms in total. The van der Waals surface area contributed by atoms with Crippen LogP contribution in [0.15, 0.2) is 17.0 Å². The Morgan fingerprint density at radius 2 is 1.90 bits per heavy atom. The van der Waals surface area contributed by atoms with Gasteiger partial charge in [0.2, 0.25) is 10.0 Å². The van der Waals surface area contributed by atoms with Crippen LogP contribution in [-0.4, -0.2) is 28.1 Å². The number of nitrogens with two attached hydrogens (primary N) is 1. The molecule has 1 aromatic carbocycles. The Balaban J connectivity index is 2.28. The number of hydrogen-bond acceptors (Lipinski definition) is 4. The zero-order valence-electron chi connectivity index (χ0n) is 12.8. The van der Waals surface area contributed by atoms with Gasteiger partial charge in [-0.25, -0.2) is 13.1 Å². The number of ether oxygens (including phenoxy) is 1. The first kappa shape index (κ1) is 16.3. The van der Waals surface area contributed by atoms with Gasteiger partial charge in [0, 0.05) is 6.04 Å². The molecule has 1 saturated carbocycles. The third-order valence-corrected chi connectivity index (χ3v) is 5.69. The lowest BCUT2D eigenvalue weighted by Gasteiger charge is -2.20. The molecule has 0 radical (unpaired) electrons. The molecule has 1 aliphatic carbocycles. The summed E-state index contributed by atoms with van der Waals surface area (Å²) in [5.41, 5.74) is 7.35. The largest absolute Gasteiger partial charge is 0.496 e. The quantitative estimate of drug-likeness (QED) is 0.867. The number of hydrogen-bond donors (Lipinski definition) is 2. The summed E-state index contributed by atoms with van der Waals surface area (Å²) in [7, 11) is -1.93. The number of nitrogens with one attached hydrogen (secondary N) is 1. The summed E-state index contributed by atoms with van der Waals surface area (Å²) in [4.78, 5) is 0.293. The average Bonchev–Trinajstić information content (AvgIpc) is 2.84. The van der Waals surface area contributed by atoms with E-state index in [-0.39, 0.29) is 12.0 Å². The van der Waals surface area contributed by atoms with Gasteiger partial charge < -0.3 is 10.5 Å². The number of benzene rings is 1. The molecule has 0 heterocycles. The molecule has 6 heteroatoms. The van der Waals surface area contributed by atoms with Crippen molar-refractivity contribution in [1.29, 1.82) is 0 Å². The molecule has 1 aliphatic rings. The third kappa shape index (κ3) is 3.39. The number of rotatable bonds is 5. The van der Waals surface area contributed by atoms with Gasteiger partial charge in [-0.15, -0.1) is 0 Å². The van der Waals surface area contributed by atoms with Crippen LogP contribution < -0.4 is 15.2 Å². The van der Waals surface area contributed by atoms with Crippen LogP contribution >= 0.6 is 0 Å². The van der Waals surface area contributed by atoms with Crippen LogP contribution in [0.25, 0.3) is 0 Å². The molecule has 2 rings (SSSR count). The zero-order valence-corrected chi connectivity index (χ0v) is 13.7. The van der Waals surface area contributed by atoms with Crippen molar-refractivity contribution < 1.29 is 13.2 Å². The van der Waals surface area contributed by atoms with E-state index in [1.54, 1.807) is 19.2 Å². The molecular formula is C15H24N2O3S. The van der Waals surface area contributed by atoms with Gasteiger partial charge >= 0.3 is 0 Å². The Bertz CT molecular complexity index is 590. The maximum Gasteiger partial charge on any atom is 0.240 e. The van der Waals surface area contributed by atoms with Crippen molar-refractivity contribution >= 4 is 10.0 Å². The standard InChI is InChI=1S/C15H24N2O3S/c1-10-7-13(8-11(2)15(10)20-3)21(18,19)17-14-6-4-5-12(14)9-16/h7-8,12,14,17H,4-6,9,16H2,1-3H3. The summed E-state index contributed by atoms with van der Waals surface area (Å²) >= 11 is 0. The van der Waals surface area contributed by atoms with Crippen LogP contribution in [0, 0.1) is 19.8 Å². The number of methoxy groups -OCH3 is 1. The summed E-state index contributed by atoms with van der Waals surface area (Å²) in [6.45, 7) is 4.22. The third-order valence-electron chi connectivity index (χ3n) is 4.22. The molecule has 0 saturated heterocycles. The van der Waals surface area contributed by atoms with Gasteiger partial charge in [-0.05, 0) is 62.4 Å². The van der Waals surface area contributed by atoms with Gasteiger partial charge in [-0.3, -0.25) is 0 Å². The van der Waals surface area contributed by atoms with Crippen molar-refractivity contribution in [3.63, 3.8) is 0 Å². The van der Waals surface area contributed by atoms with Gasteiger partial charge in [-0.2, -0.15) is 0 Å². The lowest BCUT2D eigenvalue weighted by Crippen LogP contribution is -2.39. The molecule has 2 unspecified atom stereocenters. The van der Waals surface area contributed by atoms with Crippen molar-refractivity contribution in [3.05, 3.63) is 23.3 Å². The highest BCUT2D eigenvalue weighted by Gasteiger charge is 2.30. The molecule has 0 aliphatic heterocycles. The highest BCUT2D eigenvalue weighted by atomic mass is 32.2. The predicted molar refractivity (Wildman–Crippen MR) is 83.0 cm³/mol. The van der Waals surface area contributed by atoms with Crippen LogP contribution in [0.1, 0.15) is 30.4 Å². The SMILES string of the molecule is COc1c(C)cc(S(=O)(=O)NC2CCCC2CN)cc1C. The van der Waals surface area contributed by atoms with E-state index in [1.165, 1.54) is 0 Å². The minimum Gasteiger partial charge on any atom is -0.496 e. The van der Waals surface area contributed by atoms with E-state index in [4.69, 9.17) is 10.5 Å². The van der Waals surface area contributed by atoms with Crippen LogP contribution in [0.4, 0.5) is 0 Å². The smallest absolute Gasteiger partial charge is 0.240 e. The van der Waals surface area contributed by atoms with Gasteiger partial charge in [0.25, 0.3) is 0 Å². The normalized spacial score (nSPS) is 22.5. The molecule has 0 bridgehead atoms. The van der Waals surface area contributed by atoms with Crippen molar-refractivity contribution in [2.45, 2.75) is 44.0 Å². The van der Waals surface area contributed by atoms with Crippen LogP contribution in [0.5, 0.6) is 5.75 Å². The lowest BCUT2D eigenvalue weighted by atomic mass is 10.1. The van der Waals surface area contributed by atoms with Gasteiger partial charge in [0.05, 0.1) is 12.0 Å². The van der Waals surface area contributed by atoms with Crippen molar-refractivity contribution in [2.75, 3.05) is 13.7 Å². The molecule has 1 aromatic rings. The molecule has 2 atom stereocenters. The Labute approximate surface area is 126 Å². The molecule has 0 aromatic heterocycles. The summed E-state index contributed by atoms with van der Waals surface area (Å²) in [6, 6.07) is 3.25. The van der Waals surface area contributed by atoms with Gasteiger partial charge in [-0.1, -0.05) is 6.42 Å². The van der Waals surface area contributed by atoms with E-state index < -0.39 is 10.0 Å². The first-order valence-electron chi connectivity index (χ1n) is 7.26. The van der Waals surface area contributed by atoms with Crippen molar-refractivity contribution in [3.8, 4) is 5.75 Å². The van der Waals surface area contributed by atoms with E-state index in [0.29, 0.717) is 11.4 Å². The lowest BCUT2D eigenvalue weighted by molar-refractivity contribution is 0.408. The van der Waals surface area contributed by atoms with Crippen LogP contribution in [-0.2, 0) is 10.0 Å². The first-order valence-corrected chi connectivity index (χ1v) is 8.75. The first-order chi connectivity index (χ1) is 9.89. The van der Waals surface area contributed by atoms with Gasteiger partial charge in [0.1, 0.15) is 5.75 Å². The minimum atomic E-state index is -3.52. The molecule has 118 valence electrons. The van der Waals surface area contributed by atoms with E-state index in [1.807, 2.05) is 13.8 Å². The van der Waals surface area contributed by atoms with E-state index in [9.17, 15) is 8.42 Å². The van der Waals surface area contributed by atoms with Crippen LogP contribution in [0.3, 0.4) is 0 Å². The molecule has 0 spiro atoms. The molecule has 0 amide bonds. The molecular weight excluding hydrogens is 288 g/mol. The second-order valence-corrected chi connectivity index (χ2v) is 7.46. The molecule has 21 heavy (non-hydrogen) atoms. The van der Waals surface area contributed by atoms with Crippen LogP contribution in [0.2, 0.25) is 0 Å². The Hall–Kier alpha value is -1.11. The highest BCUT2D eigenvalue weighted by Crippen LogP contribution is 2.29. The second-order valence-electron chi connectivity index (χ2n) is 5.74. The Morgan fingerprint density at radius 1 is 1.29 bits per heavy atom. The zero-order chi connectivity index (χ0) is 15.6. The van der Waals surface area contributed by atoms with Crippen molar-refractivity contribution in [2.24, 2.45) is 11.7 Å². The molecule has 1 fully saturated rings. The maximum atomic E-state index is 12.6. The summed E-state index contributed by atoms with van der Waals surface area (Å²) < 4.78 is 33.2. The number of sulfonamides is 1. The predicted octanol–water partition coefficient (Wildman–Crippen LogP) is 1.72. The van der Waals surface area contributed by atoms with Gasteiger partial charge in [0.15, 0.2) is 0 Å². The summed E-state index contributed by atoms with van der Waals surface area (Å²) in [5, 5.41) is 0. The Kier molecular flexibility index (Phi) is 4.91. The van der Waals surface area contributed by atoms with Crippen molar-refractivity contribution in [1.82, 2.24) is 4.72 Å². The summed E-state index contributed by atoms with van der Waals surface area (Å²) in [5.74, 6) is 0.967. The number of aryl methyl sites for hydroxylation is 2. The van der Waals surface area contributed by atoms with E-state index >= 15 is 0 Å². The van der Waals surface area contributed by atoms with E-state index in [2.05, 4.69) is 4.72 Å². The topological polar surface area (TPSA) is 81.4 Å². The maximum absolute atomic E-state index is 12.6. The fourth-order valence-electron chi connectivity index (χ4n) is 3.13. The van der Waals surface area contributed by atoms with E-state index in [0.717, 1.165) is 36.1 Å². The fraction of sp³-hybridized carbons (Fsp3) is 0.600.